The van der Waals surface area contributed by atoms with Crippen molar-refractivity contribution >= 4 is 11.6 Å². The summed E-state index contributed by atoms with van der Waals surface area (Å²) in [5.74, 6) is 0.664. The third-order valence-electron chi connectivity index (χ3n) is 1.45. The summed E-state index contributed by atoms with van der Waals surface area (Å²) in [5.41, 5.74) is 0. The molecule has 0 fully saturated rings. The normalized spacial score (nSPS) is 25.1. The maximum atomic E-state index is 5.65. The summed E-state index contributed by atoms with van der Waals surface area (Å²) >= 11 is 5.65. The highest BCUT2D eigenvalue weighted by Gasteiger charge is 2.06. The van der Waals surface area contributed by atoms with Gasteiger partial charge in [0.15, 0.2) is 0 Å². The molecule has 0 N–H and O–H groups in total. The smallest absolute Gasteiger partial charge is 0.0602 e. The van der Waals surface area contributed by atoms with E-state index < -0.39 is 0 Å². The zero-order valence-corrected chi connectivity index (χ0v) is 6.17. The highest BCUT2D eigenvalue weighted by molar-refractivity contribution is 6.18. The largest absolute Gasteiger partial charge is 0.373 e. The Kier molecular flexibility index (Phi) is 2.17. The predicted octanol–water partition coefficient (Wildman–Crippen LogP) is 1.61. The van der Waals surface area contributed by atoms with E-state index in [9.17, 15) is 0 Å². The van der Waals surface area contributed by atoms with Crippen molar-refractivity contribution in [3.63, 3.8) is 0 Å². The fourth-order valence-corrected chi connectivity index (χ4v) is 1.11. The SMILES string of the molecule is CN1C=CC=CC1CCl. The molecule has 0 radical (unpaired) electrons. The average Bonchev–Trinajstić information content (AvgIpc) is 1.89. The molecule has 50 valence electrons. The van der Waals surface area contributed by atoms with Gasteiger partial charge >= 0.3 is 0 Å². The molecule has 1 aliphatic heterocycles. The van der Waals surface area contributed by atoms with E-state index in [1.165, 1.54) is 0 Å². The van der Waals surface area contributed by atoms with Crippen molar-refractivity contribution in [1.82, 2.24) is 4.90 Å². The van der Waals surface area contributed by atoms with Gasteiger partial charge in [0.2, 0.25) is 0 Å². The Balaban J connectivity index is 2.55. The molecular weight excluding hydrogens is 134 g/mol. The molecule has 2 heteroatoms. The van der Waals surface area contributed by atoms with Crippen LogP contribution in [0.5, 0.6) is 0 Å². The van der Waals surface area contributed by atoms with Gasteiger partial charge in [0.1, 0.15) is 0 Å². The van der Waals surface area contributed by atoms with Crippen molar-refractivity contribution in [2.24, 2.45) is 0 Å². The monoisotopic (exact) mass is 143 g/mol. The van der Waals surface area contributed by atoms with Gasteiger partial charge < -0.3 is 4.90 Å². The molecule has 0 saturated heterocycles. The molecule has 1 rings (SSSR count). The molecule has 1 aliphatic rings. The molecule has 1 nitrogen and oxygen atoms in total. The van der Waals surface area contributed by atoms with E-state index in [1.807, 2.05) is 25.4 Å². The van der Waals surface area contributed by atoms with Crippen molar-refractivity contribution < 1.29 is 0 Å². The van der Waals surface area contributed by atoms with E-state index in [4.69, 9.17) is 11.6 Å². The molecular formula is C7H10ClN. The van der Waals surface area contributed by atoms with Gasteiger partial charge in [0.05, 0.1) is 6.04 Å². The van der Waals surface area contributed by atoms with E-state index in [0.717, 1.165) is 0 Å². The van der Waals surface area contributed by atoms with Gasteiger partial charge in [-0.1, -0.05) is 12.2 Å². The minimum atomic E-state index is 0.386. The number of hydrogen-bond donors (Lipinski definition) is 0. The summed E-state index contributed by atoms with van der Waals surface area (Å²) in [4.78, 5) is 2.09. The number of hydrogen-bond acceptors (Lipinski definition) is 1. The van der Waals surface area contributed by atoms with Crippen LogP contribution in [0.4, 0.5) is 0 Å². The second-order valence-electron chi connectivity index (χ2n) is 2.11. The zero-order chi connectivity index (χ0) is 6.69. The van der Waals surface area contributed by atoms with Gasteiger partial charge in [-0.25, -0.2) is 0 Å². The number of likely N-dealkylation sites (N-methyl/N-ethyl adjacent to an activating group) is 1. The van der Waals surface area contributed by atoms with Crippen LogP contribution in [-0.2, 0) is 0 Å². The van der Waals surface area contributed by atoms with Crippen LogP contribution in [0.2, 0.25) is 0 Å². The Hall–Kier alpha value is -0.430. The van der Waals surface area contributed by atoms with Crippen molar-refractivity contribution in [2.45, 2.75) is 6.04 Å². The second-order valence-corrected chi connectivity index (χ2v) is 2.42. The Bertz CT molecular complexity index is 140. The Morgan fingerprint density at radius 2 is 2.33 bits per heavy atom. The highest BCUT2D eigenvalue weighted by atomic mass is 35.5. The minimum absolute atomic E-state index is 0.386. The van der Waals surface area contributed by atoms with Crippen LogP contribution in [0.3, 0.4) is 0 Å². The van der Waals surface area contributed by atoms with Gasteiger partial charge in [0, 0.05) is 12.9 Å². The number of alkyl halides is 1. The van der Waals surface area contributed by atoms with Gasteiger partial charge in [-0.05, 0) is 12.3 Å². The van der Waals surface area contributed by atoms with Crippen LogP contribution in [0.1, 0.15) is 0 Å². The highest BCUT2D eigenvalue weighted by Crippen LogP contribution is 2.06. The molecule has 1 unspecified atom stereocenters. The lowest BCUT2D eigenvalue weighted by atomic mass is 10.2. The third kappa shape index (κ3) is 1.49. The first kappa shape index (κ1) is 6.69. The van der Waals surface area contributed by atoms with Crippen molar-refractivity contribution in [1.29, 1.82) is 0 Å². The fraction of sp³-hybridized carbons (Fsp3) is 0.429. The van der Waals surface area contributed by atoms with Crippen molar-refractivity contribution in [3.05, 3.63) is 24.4 Å². The summed E-state index contributed by atoms with van der Waals surface area (Å²) in [5, 5.41) is 0. The van der Waals surface area contributed by atoms with Crippen LogP contribution in [0.15, 0.2) is 24.4 Å². The fourth-order valence-electron chi connectivity index (χ4n) is 0.784. The molecule has 0 bridgehead atoms. The van der Waals surface area contributed by atoms with Crippen LogP contribution < -0.4 is 0 Å². The number of nitrogens with zero attached hydrogens (tertiary/aromatic N) is 1. The van der Waals surface area contributed by atoms with Crippen molar-refractivity contribution in [3.8, 4) is 0 Å². The molecule has 0 saturated carbocycles. The molecule has 9 heavy (non-hydrogen) atoms. The van der Waals surface area contributed by atoms with Gasteiger partial charge in [-0.2, -0.15) is 0 Å². The molecule has 0 aromatic heterocycles. The Morgan fingerprint density at radius 3 is 2.78 bits per heavy atom. The third-order valence-corrected chi connectivity index (χ3v) is 1.76. The lowest BCUT2D eigenvalue weighted by Gasteiger charge is -2.23. The van der Waals surface area contributed by atoms with Crippen LogP contribution in [-0.4, -0.2) is 23.9 Å². The maximum absolute atomic E-state index is 5.65. The average molecular weight is 144 g/mol. The summed E-state index contributed by atoms with van der Waals surface area (Å²) in [6, 6.07) is 0.386. The van der Waals surface area contributed by atoms with E-state index >= 15 is 0 Å². The number of rotatable bonds is 1. The molecule has 1 atom stereocenters. The lowest BCUT2D eigenvalue weighted by Crippen LogP contribution is -2.27. The zero-order valence-electron chi connectivity index (χ0n) is 5.42. The quantitative estimate of drug-likeness (QED) is 0.504. The molecule has 0 aromatic rings. The van der Waals surface area contributed by atoms with Crippen LogP contribution >= 0.6 is 11.6 Å². The van der Waals surface area contributed by atoms with Gasteiger partial charge in [-0.15, -0.1) is 11.6 Å². The number of halogens is 1. The minimum Gasteiger partial charge on any atom is -0.373 e. The molecule has 1 heterocycles. The second kappa shape index (κ2) is 2.92. The summed E-state index contributed by atoms with van der Waals surface area (Å²) < 4.78 is 0. The van der Waals surface area contributed by atoms with Crippen molar-refractivity contribution in [2.75, 3.05) is 12.9 Å². The first-order valence-electron chi connectivity index (χ1n) is 2.97. The predicted molar refractivity (Wildman–Crippen MR) is 40.6 cm³/mol. The Morgan fingerprint density at radius 1 is 1.56 bits per heavy atom. The van der Waals surface area contributed by atoms with Gasteiger partial charge in [0.25, 0.3) is 0 Å². The molecule has 0 aliphatic carbocycles. The molecule has 0 spiro atoms. The van der Waals surface area contributed by atoms with Crippen LogP contribution in [0.25, 0.3) is 0 Å². The maximum Gasteiger partial charge on any atom is 0.0602 e. The Labute approximate surface area is 60.6 Å². The van der Waals surface area contributed by atoms with Crippen LogP contribution in [0, 0.1) is 0 Å². The van der Waals surface area contributed by atoms with E-state index in [2.05, 4.69) is 11.0 Å². The standard InChI is InChI=1S/C7H10ClN/c1-9-5-3-2-4-7(9)6-8/h2-5,7H,6H2,1H3. The number of allylic oxidation sites excluding steroid dienone is 2. The van der Waals surface area contributed by atoms with E-state index in [0.29, 0.717) is 11.9 Å². The summed E-state index contributed by atoms with van der Waals surface area (Å²) in [6.07, 6.45) is 8.14. The summed E-state index contributed by atoms with van der Waals surface area (Å²) in [7, 11) is 2.02. The van der Waals surface area contributed by atoms with Gasteiger partial charge in [-0.3, -0.25) is 0 Å². The topological polar surface area (TPSA) is 3.24 Å². The van der Waals surface area contributed by atoms with E-state index in [1.54, 1.807) is 0 Å². The first-order chi connectivity index (χ1) is 4.34. The lowest BCUT2D eigenvalue weighted by molar-refractivity contribution is 0.406. The van der Waals surface area contributed by atoms with E-state index in [-0.39, 0.29) is 0 Å². The summed E-state index contributed by atoms with van der Waals surface area (Å²) in [6.45, 7) is 0. The molecule has 0 aromatic carbocycles. The molecule has 0 amide bonds. The first-order valence-corrected chi connectivity index (χ1v) is 3.51.